The number of rotatable bonds is 15. The number of aromatic amines is 1. The van der Waals surface area contributed by atoms with E-state index in [1.165, 1.54) is 37.0 Å². The van der Waals surface area contributed by atoms with E-state index in [0.717, 1.165) is 79.9 Å². The predicted octanol–water partition coefficient (Wildman–Crippen LogP) is 7.02. The van der Waals surface area contributed by atoms with E-state index in [0.29, 0.717) is 11.6 Å². The van der Waals surface area contributed by atoms with Crippen LogP contribution < -0.4 is 10.6 Å². The van der Waals surface area contributed by atoms with Crippen molar-refractivity contribution in [3.05, 3.63) is 65.3 Å². The Morgan fingerprint density at radius 2 is 2.05 bits per heavy atom. The van der Waals surface area contributed by atoms with Gasteiger partial charge in [-0.1, -0.05) is 32.6 Å². The monoisotopic (exact) mass is 553 g/mol. The highest BCUT2D eigenvalue weighted by Crippen LogP contribution is 2.55. The average Bonchev–Trinajstić information content (AvgIpc) is 3.89. The zero-order valence-corrected chi connectivity index (χ0v) is 25.1. The summed E-state index contributed by atoms with van der Waals surface area (Å²) < 4.78 is 2.00. The number of hydrogen-bond acceptors (Lipinski definition) is 5. The van der Waals surface area contributed by atoms with E-state index in [1.807, 2.05) is 35.3 Å². The number of aryl methyl sites for hydroxylation is 1. The summed E-state index contributed by atoms with van der Waals surface area (Å²) in [5, 5.41) is 21.1. The third-order valence-electron chi connectivity index (χ3n) is 9.95. The quantitative estimate of drug-likeness (QED) is 0.141. The highest BCUT2D eigenvalue weighted by Gasteiger charge is 2.51. The van der Waals surface area contributed by atoms with E-state index in [1.54, 1.807) is 0 Å². The lowest BCUT2D eigenvalue weighted by Crippen LogP contribution is -2.49. The third kappa shape index (κ3) is 5.25. The van der Waals surface area contributed by atoms with Gasteiger partial charge in [0.1, 0.15) is 5.82 Å². The first-order valence-corrected chi connectivity index (χ1v) is 16.0. The van der Waals surface area contributed by atoms with Gasteiger partial charge in [0.15, 0.2) is 0 Å². The molecule has 3 heterocycles. The van der Waals surface area contributed by atoms with Crippen LogP contribution in [-0.2, 0) is 6.54 Å². The van der Waals surface area contributed by atoms with Gasteiger partial charge in [0.2, 0.25) is 0 Å². The molecule has 0 aromatic carbocycles. The molecule has 0 amide bonds. The molecule has 41 heavy (non-hydrogen) atoms. The van der Waals surface area contributed by atoms with Crippen LogP contribution in [0.1, 0.15) is 102 Å². The van der Waals surface area contributed by atoms with Crippen molar-refractivity contribution >= 4 is 17.5 Å². The highest BCUT2D eigenvalue weighted by atomic mass is 15.3. The minimum atomic E-state index is -0.0269. The van der Waals surface area contributed by atoms with Gasteiger partial charge in [-0.15, -0.1) is 0 Å². The van der Waals surface area contributed by atoms with Crippen molar-refractivity contribution in [1.29, 1.82) is 5.41 Å². The van der Waals surface area contributed by atoms with E-state index in [9.17, 15) is 5.41 Å². The van der Waals surface area contributed by atoms with E-state index >= 15 is 0 Å². The van der Waals surface area contributed by atoms with Crippen molar-refractivity contribution in [1.82, 2.24) is 30.4 Å². The number of aromatic nitrogens is 4. The zero-order valence-electron chi connectivity index (χ0n) is 25.1. The van der Waals surface area contributed by atoms with Gasteiger partial charge in [-0.3, -0.25) is 4.68 Å². The SMILES string of the molecule is C=C(NC(c1cnc(/C=C\C(=N)C(CCC)C23CCCNC2=C=C3CC)[nH]1)C(C1CC1)C1CC1)c1ccnn1CC. The second kappa shape index (κ2) is 11.5. The van der Waals surface area contributed by atoms with E-state index in [4.69, 9.17) is 4.98 Å². The van der Waals surface area contributed by atoms with Crippen LogP contribution in [0.4, 0.5) is 0 Å². The fraction of sp³-hybridized carbons (Fsp3) is 0.588. The van der Waals surface area contributed by atoms with E-state index in [2.05, 4.69) is 53.8 Å². The van der Waals surface area contributed by atoms with Crippen molar-refractivity contribution in [2.24, 2.45) is 29.1 Å². The lowest BCUT2D eigenvalue weighted by atomic mass is 9.56. The molecule has 7 heteroatoms. The Balaban J connectivity index is 1.22. The smallest absolute Gasteiger partial charge is 0.130 e. The van der Waals surface area contributed by atoms with Gasteiger partial charge in [-0.2, -0.15) is 5.10 Å². The molecule has 218 valence electrons. The van der Waals surface area contributed by atoms with Gasteiger partial charge in [0, 0.05) is 30.9 Å². The summed E-state index contributed by atoms with van der Waals surface area (Å²) in [7, 11) is 0. The normalized spacial score (nSPS) is 23.3. The predicted molar refractivity (Wildman–Crippen MR) is 166 cm³/mol. The molecule has 7 nitrogen and oxygen atoms in total. The van der Waals surface area contributed by atoms with E-state index in [-0.39, 0.29) is 17.4 Å². The van der Waals surface area contributed by atoms with Crippen LogP contribution >= 0.6 is 0 Å². The summed E-state index contributed by atoms with van der Waals surface area (Å²) in [5.74, 6) is 3.10. The number of piperidine rings is 1. The van der Waals surface area contributed by atoms with Crippen LogP contribution in [0.15, 0.2) is 48.1 Å². The minimum Gasteiger partial charge on any atom is -0.381 e. The molecular weight excluding hydrogens is 506 g/mol. The van der Waals surface area contributed by atoms with Crippen LogP contribution in [0.2, 0.25) is 0 Å². The Labute approximate surface area is 245 Å². The van der Waals surface area contributed by atoms with Crippen molar-refractivity contribution in [3.63, 3.8) is 0 Å². The molecule has 0 spiro atoms. The van der Waals surface area contributed by atoms with Gasteiger partial charge in [0.25, 0.3) is 0 Å². The molecule has 0 radical (unpaired) electrons. The lowest BCUT2D eigenvalue weighted by Gasteiger charge is -2.50. The van der Waals surface area contributed by atoms with Gasteiger partial charge in [-0.25, -0.2) is 4.98 Å². The topological polar surface area (TPSA) is 94.4 Å². The molecular formula is C34H47N7. The number of hydrogen-bond donors (Lipinski definition) is 4. The van der Waals surface area contributed by atoms with Crippen molar-refractivity contribution < 1.29 is 0 Å². The molecule has 4 aliphatic rings. The first-order chi connectivity index (χ1) is 20.0. The number of imidazole rings is 1. The maximum Gasteiger partial charge on any atom is 0.130 e. The second-order valence-corrected chi connectivity index (χ2v) is 12.6. The van der Waals surface area contributed by atoms with Crippen LogP contribution in [-0.4, -0.2) is 32.0 Å². The molecule has 1 aliphatic heterocycles. The number of H-pyrrole nitrogens is 1. The fourth-order valence-electron chi connectivity index (χ4n) is 7.69. The van der Waals surface area contributed by atoms with Crippen molar-refractivity contribution in [2.45, 2.75) is 91.1 Å². The molecule has 6 rings (SSSR count). The minimum absolute atomic E-state index is 0.0269. The third-order valence-corrected chi connectivity index (χ3v) is 9.95. The molecule has 0 bridgehead atoms. The molecule has 3 unspecified atom stereocenters. The van der Waals surface area contributed by atoms with Gasteiger partial charge in [0.05, 0.1) is 40.4 Å². The fourth-order valence-corrected chi connectivity index (χ4v) is 7.69. The Kier molecular flexibility index (Phi) is 7.82. The van der Waals surface area contributed by atoms with Crippen LogP contribution in [0, 0.1) is 34.5 Å². The second-order valence-electron chi connectivity index (χ2n) is 12.6. The molecule has 1 saturated heterocycles. The average molecular weight is 554 g/mol. The van der Waals surface area contributed by atoms with Gasteiger partial charge in [-0.05, 0) is 99.8 Å². The molecule has 2 aromatic rings. The summed E-state index contributed by atoms with van der Waals surface area (Å²) in [6.45, 7) is 12.8. The maximum atomic E-state index is 9.21. The van der Waals surface area contributed by atoms with Gasteiger partial charge < -0.3 is 21.0 Å². The largest absolute Gasteiger partial charge is 0.381 e. The van der Waals surface area contributed by atoms with E-state index < -0.39 is 0 Å². The van der Waals surface area contributed by atoms with Crippen molar-refractivity contribution in [2.75, 3.05) is 6.54 Å². The molecule has 3 fully saturated rings. The summed E-state index contributed by atoms with van der Waals surface area (Å²) in [5.41, 5.74) is 9.96. The molecule has 3 aliphatic carbocycles. The van der Waals surface area contributed by atoms with Gasteiger partial charge >= 0.3 is 0 Å². The van der Waals surface area contributed by atoms with Crippen LogP contribution in [0.3, 0.4) is 0 Å². The molecule has 2 aromatic heterocycles. The molecule has 3 atom stereocenters. The lowest BCUT2D eigenvalue weighted by molar-refractivity contribution is 0.221. The summed E-state index contributed by atoms with van der Waals surface area (Å²) >= 11 is 0. The Morgan fingerprint density at radius 3 is 2.71 bits per heavy atom. The number of nitrogens with one attached hydrogen (secondary N) is 4. The van der Waals surface area contributed by atoms with Crippen LogP contribution in [0.5, 0.6) is 0 Å². The summed E-state index contributed by atoms with van der Waals surface area (Å²) in [6, 6.07) is 2.18. The molecule has 2 saturated carbocycles. The maximum absolute atomic E-state index is 9.21. The number of allylic oxidation sites excluding steroid dienone is 1. The number of fused-ring (bicyclic) bond motifs is 1. The first kappa shape index (κ1) is 27.8. The standard InChI is InChI=1S/C34H47N7/c1-5-9-26(34-17-8-18-36-30(34)20-25(34)6-2)27(35)14-15-31-37-21-28(40-31)33(32(23-10-11-23)24-12-13-24)39-22(4)29-16-19-38-41(29)7-3/h14-16,19,21,23-24,26,32-33,35-36,39H,4-13,17-18H2,1-3H3,(H,37,40)/b15-14-,35-27?. The first-order valence-electron chi connectivity index (χ1n) is 16.0. The Morgan fingerprint density at radius 1 is 1.27 bits per heavy atom. The van der Waals surface area contributed by atoms with Crippen LogP contribution in [0.25, 0.3) is 11.8 Å². The molecule has 4 N–H and O–H groups in total. The summed E-state index contributed by atoms with van der Waals surface area (Å²) in [6.07, 6.45) is 18.5. The number of nitrogens with zero attached hydrogens (tertiary/aromatic N) is 3. The Hall–Kier alpha value is -3.31. The Bertz CT molecular complexity index is 1360. The zero-order chi connectivity index (χ0) is 28.6. The van der Waals surface area contributed by atoms with Crippen molar-refractivity contribution in [3.8, 4) is 0 Å². The highest BCUT2D eigenvalue weighted by molar-refractivity contribution is 5.98. The summed E-state index contributed by atoms with van der Waals surface area (Å²) in [4.78, 5) is 8.43.